The minimum absolute atomic E-state index is 0.245. The number of hydrogen-bond acceptors (Lipinski definition) is 3. The van der Waals surface area contributed by atoms with E-state index in [1.54, 1.807) is 19.1 Å². The van der Waals surface area contributed by atoms with Crippen LogP contribution in [0.4, 0.5) is 0 Å². The normalized spacial score (nSPS) is 13.0. The fourth-order valence-corrected chi connectivity index (χ4v) is 1.01. The maximum Gasteiger partial charge on any atom is 0.244 e. The molecule has 0 aliphatic carbocycles. The minimum atomic E-state index is -0.534. The summed E-state index contributed by atoms with van der Waals surface area (Å²) in [6.45, 7) is 3.70. The average Bonchev–Trinajstić information content (AvgIpc) is 2.58. The molecular formula is C11H15NO3. The lowest BCUT2D eigenvalue weighted by Crippen LogP contribution is -2.28. The number of nitrogens with one attached hydrogen (secondary N) is 1. The highest BCUT2D eigenvalue weighted by atomic mass is 16.3. The van der Waals surface area contributed by atoms with Crippen LogP contribution >= 0.6 is 0 Å². The van der Waals surface area contributed by atoms with Gasteiger partial charge >= 0.3 is 0 Å². The molecule has 1 atom stereocenters. The molecule has 0 radical (unpaired) electrons. The van der Waals surface area contributed by atoms with Crippen LogP contribution in [-0.2, 0) is 4.79 Å². The molecular weight excluding hydrogens is 194 g/mol. The van der Waals surface area contributed by atoms with Crippen molar-refractivity contribution in [3.8, 4) is 0 Å². The zero-order valence-electron chi connectivity index (χ0n) is 8.86. The molecule has 1 rings (SSSR count). The van der Waals surface area contributed by atoms with Gasteiger partial charge in [0, 0.05) is 12.6 Å². The van der Waals surface area contributed by atoms with Crippen LogP contribution in [-0.4, -0.2) is 23.7 Å². The van der Waals surface area contributed by atoms with E-state index < -0.39 is 6.10 Å². The molecule has 0 aliphatic rings. The standard InChI is InChI=1S/C11H15NO3/c1-8(13)7-12-11(14)6-5-10-4-3-9(2)15-10/h3-6,8,13H,7H2,1-2H3,(H,12,14)/b6-5+/t8-/m0/s1. The second-order valence-corrected chi connectivity index (χ2v) is 3.38. The predicted molar refractivity (Wildman–Crippen MR) is 57.2 cm³/mol. The van der Waals surface area contributed by atoms with Crippen LogP contribution in [0.25, 0.3) is 6.08 Å². The monoisotopic (exact) mass is 209 g/mol. The van der Waals surface area contributed by atoms with Crippen molar-refractivity contribution in [1.82, 2.24) is 5.32 Å². The first-order valence-corrected chi connectivity index (χ1v) is 4.78. The number of aryl methyl sites for hydroxylation is 1. The van der Waals surface area contributed by atoms with Crippen LogP contribution in [0.2, 0.25) is 0 Å². The summed E-state index contributed by atoms with van der Waals surface area (Å²) in [6.07, 6.45) is 2.43. The van der Waals surface area contributed by atoms with Crippen molar-refractivity contribution in [1.29, 1.82) is 0 Å². The fraction of sp³-hybridized carbons (Fsp3) is 0.364. The van der Waals surface area contributed by atoms with Gasteiger partial charge in [0.05, 0.1) is 6.10 Å². The zero-order chi connectivity index (χ0) is 11.3. The van der Waals surface area contributed by atoms with Crippen LogP contribution in [0.3, 0.4) is 0 Å². The molecule has 15 heavy (non-hydrogen) atoms. The first-order valence-electron chi connectivity index (χ1n) is 4.78. The average molecular weight is 209 g/mol. The number of hydrogen-bond donors (Lipinski definition) is 2. The molecule has 82 valence electrons. The van der Waals surface area contributed by atoms with Gasteiger partial charge in [0.1, 0.15) is 11.5 Å². The largest absolute Gasteiger partial charge is 0.462 e. The molecule has 0 unspecified atom stereocenters. The molecule has 1 heterocycles. The SMILES string of the molecule is Cc1ccc(/C=C/C(=O)NC[C@H](C)O)o1. The first-order chi connectivity index (χ1) is 7.08. The fourth-order valence-electron chi connectivity index (χ4n) is 1.01. The second kappa shape index (κ2) is 5.36. The van der Waals surface area contributed by atoms with Crippen molar-refractivity contribution >= 4 is 12.0 Å². The van der Waals surface area contributed by atoms with E-state index in [0.717, 1.165) is 5.76 Å². The summed E-state index contributed by atoms with van der Waals surface area (Å²) in [4.78, 5) is 11.2. The van der Waals surface area contributed by atoms with Crippen LogP contribution < -0.4 is 5.32 Å². The van der Waals surface area contributed by atoms with Gasteiger partial charge in [-0.15, -0.1) is 0 Å². The van der Waals surface area contributed by atoms with Gasteiger partial charge in [0.2, 0.25) is 5.91 Å². The van der Waals surface area contributed by atoms with E-state index >= 15 is 0 Å². The Balaban J connectivity index is 2.40. The van der Waals surface area contributed by atoms with E-state index in [4.69, 9.17) is 9.52 Å². The highest BCUT2D eigenvalue weighted by Gasteiger charge is 1.99. The highest BCUT2D eigenvalue weighted by molar-refractivity contribution is 5.91. The van der Waals surface area contributed by atoms with Gasteiger partial charge in [0.15, 0.2) is 0 Å². The van der Waals surface area contributed by atoms with Gasteiger partial charge in [-0.2, -0.15) is 0 Å². The number of carbonyl (C=O) groups excluding carboxylic acids is 1. The molecule has 0 aromatic carbocycles. The number of carbonyl (C=O) groups is 1. The van der Waals surface area contributed by atoms with E-state index in [9.17, 15) is 4.79 Å². The Labute approximate surface area is 88.6 Å². The van der Waals surface area contributed by atoms with Gasteiger partial charge in [-0.1, -0.05) is 0 Å². The molecule has 0 bridgehead atoms. The van der Waals surface area contributed by atoms with Crippen LogP contribution in [0.15, 0.2) is 22.6 Å². The molecule has 4 nitrogen and oxygen atoms in total. The third kappa shape index (κ3) is 4.46. The third-order valence-electron chi connectivity index (χ3n) is 1.73. The highest BCUT2D eigenvalue weighted by Crippen LogP contribution is 2.07. The smallest absolute Gasteiger partial charge is 0.244 e. The second-order valence-electron chi connectivity index (χ2n) is 3.38. The topological polar surface area (TPSA) is 62.5 Å². The van der Waals surface area contributed by atoms with Crippen LogP contribution in [0.1, 0.15) is 18.4 Å². The van der Waals surface area contributed by atoms with Gasteiger partial charge < -0.3 is 14.8 Å². The van der Waals surface area contributed by atoms with Crippen molar-refractivity contribution in [3.63, 3.8) is 0 Å². The zero-order valence-corrected chi connectivity index (χ0v) is 8.86. The van der Waals surface area contributed by atoms with Gasteiger partial charge in [-0.05, 0) is 32.1 Å². The van der Waals surface area contributed by atoms with E-state index in [1.165, 1.54) is 6.08 Å². The Hall–Kier alpha value is -1.55. The lowest BCUT2D eigenvalue weighted by Gasteiger charge is -2.03. The summed E-state index contributed by atoms with van der Waals surface area (Å²) in [6, 6.07) is 3.61. The molecule has 0 saturated carbocycles. The summed E-state index contributed by atoms with van der Waals surface area (Å²) in [5.74, 6) is 1.20. The van der Waals surface area contributed by atoms with Gasteiger partial charge in [0.25, 0.3) is 0 Å². The molecule has 4 heteroatoms. The quantitative estimate of drug-likeness (QED) is 0.730. The van der Waals surface area contributed by atoms with E-state index in [-0.39, 0.29) is 12.5 Å². The van der Waals surface area contributed by atoms with Crippen molar-refractivity contribution < 1.29 is 14.3 Å². The molecule has 0 spiro atoms. The summed E-state index contributed by atoms with van der Waals surface area (Å²) in [5.41, 5.74) is 0. The Kier molecular flexibility index (Phi) is 4.12. The van der Waals surface area contributed by atoms with Gasteiger partial charge in [-0.25, -0.2) is 0 Å². The Bertz CT molecular complexity index is 352. The summed E-state index contributed by atoms with van der Waals surface area (Å²) in [7, 11) is 0. The molecule has 0 saturated heterocycles. The summed E-state index contributed by atoms with van der Waals surface area (Å²) >= 11 is 0. The lowest BCUT2D eigenvalue weighted by molar-refractivity contribution is -0.116. The molecule has 2 N–H and O–H groups in total. The number of amides is 1. The Morgan fingerprint density at radius 2 is 2.40 bits per heavy atom. The predicted octanol–water partition coefficient (Wildman–Crippen LogP) is 1.10. The van der Waals surface area contributed by atoms with Gasteiger partial charge in [-0.3, -0.25) is 4.79 Å². The van der Waals surface area contributed by atoms with E-state index in [0.29, 0.717) is 5.76 Å². The molecule has 1 amide bonds. The maximum absolute atomic E-state index is 11.2. The number of aliphatic hydroxyl groups excluding tert-OH is 1. The van der Waals surface area contributed by atoms with Crippen molar-refractivity contribution in [3.05, 3.63) is 29.7 Å². The van der Waals surface area contributed by atoms with E-state index in [2.05, 4.69) is 5.32 Å². The maximum atomic E-state index is 11.2. The first kappa shape index (κ1) is 11.5. The van der Waals surface area contributed by atoms with Crippen molar-refractivity contribution in [2.75, 3.05) is 6.54 Å². The summed E-state index contributed by atoms with van der Waals surface area (Å²) in [5, 5.41) is 11.5. The molecule has 1 aromatic rings. The summed E-state index contributed by atoms with van der Waals surface area (Å²) < 4.78 is 5.24. The van der Waals surface area contributed by atoms with Crippen molar-refractivity contribution in [2.24, 2.45) is 0 Å². The number of rotatable bonds is 4. The van der Waals surface area contributed by atoms with Crippen LogP contribution in [0.5, 0.6) is 0 Å². The molecule has 0 fully saturated rings. The third-order valence-corrected chi connectivity index (χ3v) is 1.73. The molecule has 0 aliphatic heterocycles. The van der Waals surface area contributed by atoms with Crippen LogP contribution in [0, 0.1) is 6.92 Å². The van der Waals surface area contributed by atoms with Crippen molar-refractivity contribution in [2.45, 2.75) is 20.0 Å². The Morgan fingerprint density at radius 1 is 1.67 bits per heavy atom. The number of aliphatic hydroxyl groups is 1. The minimum Gasteiger partial charge on any atom is -0.462 e. The lowest BCUT2D eigenvalue weighted by atomic mass is 10.3. The van der Waals surface area contributed by atoms with E-state index in [1.807, 2.05) is 13.0 Å². The molecule has 1 aromatic heterocycles. The number of furan rings is 1. The Morgan fingerprint density at radius 3 is 2.93 bits per heavy atom.